The van der Waals surface area contributed by atoms with Crippen molar-refractivity contribution in [2.45, 2.75) is 6.42 Å². The van der Waals surface area contributed by atoms with E-state index in [4.69, 9.17) is 15.3 Å². The van der Waals surface area contributed by atoms with Crippen LogP contribution >= 0.6 is 0 Å². The zero-order valence-corrected chi connectivity index (χ0v) is 11.7. The van der Waals surface area contributed by atoms with Crippen molar-refractivity contribution in [2.75, 3.05) is 38.9 Å². The molecule has 21 heavy (non-hydrogen) atoms. The molecule has 0 unspecified atom stereocenters. The number of halogens is 2. The molecule has 0 aliphatic rings. The molecule has 0 saturated carbocycles. The van der Waals surface area contributed by atoms with Crippen LogP contribution in [0.2, 0.25) is 0 Å². The summed E-state index contributed by atoms with van der Waals surface area (Å²) in [6.45, 7) is 1.79. The lowest BCUT2D eigenvalue weighted by molar-refractivity contribution is 0.0688. The molecule has 0 fully saturated rings. The Morgan fingerprint density at radius 1 is 1.24 bits per heavy atom. The first-order valence-electron chi connectivity index (χ1n) is 6.40. The third-order valence-electron chi connectivity index (χ3n) is 2.63. The molecule has 118 valence electrons. The van der Waals surface area contributed by atoms with Gasteiger partial charge in [-0.3, -0.25) is 10.6 Å². The number of carbonyl (C=O) groups excluding carboxylic acids is 1. The Kier molecular flexibility index (Phi) is 7.59. The molecule has 0 atom stereocenters. The van der Waals surface area contributed by atoms with Crippen LogP contribution in [0.3, 0.4) is 0 Å². The van der Waals surface area contributed by atoms with Crippen molar-refractivity contribution < 1.29 is 23.0 Å². The SMILES string of the molecule is COCCOCCCNC(=O)c1cc(F)c(NN)c(F)c1. The molecule has 0 aromatic heterocycles. The summed E-state index contributed by atoms with van der Waals surface area (Å²) in [7, 11) is 1.58. The normalized spacial score (nSPS) is 10.5. The number of ether oxygens (including phenoxy) is 2. The molecule has 1 rings (SSSR count). The summed E-state index contributed by atoms with van der Waals surface area (Å²) in [6.07, 6.45) is 0.586. The highest BCUT2D eigenvalue weighted by atomic mass is 19.1. The van der Waals surface area contributed by atoms with E-state index in [0.29, 0.717) is 32.8 Å². The van der Waals surface area contributed by atoms with Gasteiger partial charge in [0.15, 0.2) is 11.6 Å². The molecule has 0 saturated heterocycles. The van der Waals surface area contributed by atoms with Gasteiger partial charge in [0.25, 0.3) is 5.91 Å². The maximum Gasteiger partial charge on any atom is 0.251 e. The van der Waals surface area contributed by atoms with E-state index in [-0.39, 0.29) is 5.56 Å². The quantitative estimate of drug-likeness (QED) is 0.360. The maximum atomic E-state index is 13.4. The van der Waals surface area contributed by atoms with Crippen LogP contribution in [0.5, 0.6) is 0 Å². The number of hydrazine groups is 1. The van der Waals surface area contributed by atoms with Gasteiger partial charge in [0.05, 0.1) is 13.2 Å². The molecule has 6 nitrogen and oxygen atoms in total. The van der Waals surface area contributed by atoms with E-state index in [1.807, 2.05) is 5.43 Å². The van der Waals surface area contributed by atoms with Gasteiger partial charge in [-0.25, -0.2) is 8.78 Å². The number of hydrogen-bond donors (Lipinski definition) is 3. The first kappa shape index (κ1) is 17.3. The second-order valence-corrected chi connectivity index (χ2v) is 4.17. The van der Waals surface area contributed by atoms with Gasteiger partial charge < -0.3 is 20.2 Å². The molecule has 4 N–H and O–H groups in total. The third-order valence-corrected chi connectivity index (χ3v) is 2.63. The number of nitrogens with two attached hydrogens (primary N) is 1. The van der Waals surface area contributed by atoms with E-state index in [2.05, 4.69) is 5.32 Å². The largest absolute Gasteiger partial charge is 0.382 e. The van der Waals surface area contributed by atoms with Crippen molar-refractivity contribution >= 4 is 11.6 Å². The number of methoxy groups -OCH3 is 1. The van der Waals surface area contributed by atoms with Crippen LogP contribution in [0.1, 0.15) is 16.8 Å². The maximum absolute atomic E-state index is 13.4. The fourth-order valence-corrected chi connectivity index (χ4v) is 1.56. The Morgan fingerprint density at radius 2 is 1.90 bits per heavy atom. The van der Waals surface area contributed by atoms with Gasteiger partial charge >= 0.3 is 0 Å². The Hall–Kier alpha value is -1.77. The predicted molar refractivity (Wildman–Crippen MR) is 73.8 cm³/mol. The lowest BCUT2D eigenvalue weighted by Crippen LogP contribution is -2.26. The fraction of sp³-hybridized carbons (Fsp3) is 0.462. The number of anilines is 1. The highest BCUT2D eigenvalue weighted by Crippen LogP contribution is 2.19. The summed E-state index contributed by atoms with van der Waals surface area (Å²) in [6, 6.07) is 1.84. The monoisotopic (exact) mass is 303 g/mol. The van der Waals surface area contributed by atoms with Crippen LogP contribution in [0.25, 0.3) is 0 Å². The third kappa shape index (κ3) is 5.62. The number of hydrogen-bond acceptors (Lipinski definition) is 5. The van der Waals surface area contributed by atoms with Crippen LogP contribution in [-0.4, -0.2) is 39.4 Å². The molecule has 1 aromatic rings. The van der Waals surface area contributed by atoms with Gasteiger partial charge in [-0.2, -0.15) is 0 Å². The van der Waals surface area contributed by atoms with Crippen molar-refractivity contribution in [3.63, 3.8) is 0 Å². The van der Waals surface area contributed by atoms with Gasteiger partial charge in [0, 0.05) is 25.8 Å². The fourth-order valence-electron chi connectivity index (χ4n) is 1.56. The van der Waals surface area contributed by atoms with Gasteiger partial charge in [-0.05, 0) is 18.6 Å². The molecule has 0 spiro atoms. The number of rotatable bonds is 9. The minimum atomic E-state index is -0.925. The van der Waals surface area contributed by atoms with E-state index >= 15 is 0 Å². The molecule has 0 radical (unpaired) electrons. The van der Waals surface area contributed by atoms with E-state index in [1.54, 1.807) is 7.11 Å². The van der Waals surface area contributed by atoms with Crippen molar-refractivity contribution in [3.8, 4) is 0 Å². The summed E-state index contributed by atoms with van der Waals surface area (Å²) < 4.78 is 36.9. The smallest absolute Gasteiger partial charge is 0.251 e. The summed E-state index contributed by atoms with van der Waals surface area (Å²) >= 11 is 0. The van der Waals surface area contributed by atoms with Gasteiger partial charge in [-0.1, -0.05) is 0 Å². The number of amides is 1. The van der Waals surface area contributed by atoms with Crippen molar-refractivity contribution in [1.29, 1.82) is 0 Å². The highest BCUT2D eigenvalue weighted by Gasteiger charge is 2.14. The summed E-state index contributed by atoms with van der Waals surface area (Å²) in [5.41, 5.74) is 1.32. The van der Waals surface area contributed by atoms with E-state index in [1.165, 1.54) is 0 Å². The van der Waals surface area contributed by atoms with Gasteiger partial charge in [0.2, 0.25) is 0 Å². The number of carbonyl (C=O) groups is 1. The Morgan fingerprint density at radius 3 is 2.48 bits per heavy atom. The first-order valence-corrected chi connectivity index (χ1v) is 6.40. The standard InChI is InChI=1S/C13H19F2N3O3/c1-20-5-6-21-4-2-3-17-13(19)9-7-10(14)12(18-16)11(15)8-9/h7-8,18H,2-6,16H2,1H3,(H,17,19). The molecule has 0 aliphatic heterocycles. The molecule has 1 amide bonds. The van der Waals surface area contributed by atoms with Crippen molar-refractivity contribution in [3.05, 3.63) is 29.3 Å². The van der Waals surface area contributed by atoms with E-state index < -0.39 is 23.2 Å². The van der Waals surface area contributed by atoms with E-state index in [9.17, 15) is 13.6 Å². The zero-order valence-electron chi connectivity index (χ0n) is 11.7. The molecular weight excluding hydrogens is 284 g/mol. The van der Waals surface area contributed by atoms with Crippen LogP contribution in [0, 0.1) is 11.6 Å². The summed E-state index contributed by atoms with van der Waals surface area (Å²) in [5, 5.41) is 2.55. The Bertz CT molecular complexity index is 449. The lowest BCUT2D eigenvalue weighted by Gasteiger charge is -2.08. The minimum Gasteiger partial charge on any atom is -0.382 e. The van der Waals surface area contributed by atoms with Crippen molar-refractivity contribution in [2.24, 2.45) is 5.84 Å². The van der Waals surface area contributed by atoms with Crippen LogP contribution in [0.15, 0.2) is 12.1 Å². The minimum absolute atomic E-state index is 0.107. The average molecular weight is 303 g/mol. The number of nitrogens with one attached hydrogen (secondary N) is 2. The molecule has 0 aliphatic carbocycles. The van der Waals surface area contributed by atoms with Crippen molar-refractivity contribution in [1.82, 2.24) is 5.32 Å². The second kappa shape index (κ2) is 9.22. The lowest BCUT2D eigenvalue weighted by atomic mass is 10.1. The highest BCUT2D eigenvalue weighted by molar-refractivity contribution is 5.94. The number of nitrogen functional groups attached to an aromatic ring is 1. The van der Waals surface area contributed by atoms with Crippen LogP contribution < -0.4 is 16.6 Å². The van der Waals surface area contributed by atoms with Crippen LogP contribution in [0.4, 0.5) is 14.5 Å². The Balaban J connectivity index is 2.39. The molecule has 1 aromatic carbocycles. The average Bonchev–Trinajstić information content (AvgIpc) is 2.45. The molecule has 8 heteroatoms. The summed E-state index contributed by atoms with van der Waals surface area (Å²) in [5.74, 6) is 2.56. The first-order chi connectivity index (χ1) is 10.1. The summed E-state index contributed by atoms with van der Waals surface area (Å²) in [4.78, 5) is 11.7. The zero-order chi connectivity index (χ0) is 15.7. The van der Waals surface area contributed by atoms with E-state index in [0.717, 1.165) is 12.1 Å². The van der Waals surface area contributed by atoms with Gasteiger partial charge in [0.1, 0.15) is 5.69 Å². The molecule has 0 bridgehead atoms. The molecular formula is C13H19F2N3O3. The topological polar surface area (TPSA) is 85.6 Å². The van der Waals surface area contributed by atoms with Crippen LogP contribution in [-0.2, 0) is 9.47 Å². The predicted octanol–water partition coefficient (Wildman–Crippen LogP) is 1.03. The Labute approximate surface area is 121 Å². The van der Waals surface area contributed by atoms with Gasteiger partial charge in [-0.15, -0.1) is 0 Å². The molecule has 0 heterocycles. The number of benzene rings is 1. The second-order valence-electron chi connectivity index (χ2n) is 4.17.